The number of hydrogen-bond acceptors (Lipinski definition) is 4. The number of anilines is 1. The third-order valence-electron chi connectivity index (χ3n) is 3.44. The predicted molar refractivity (Wildman–Crippen MR) is 71.9 cm³/mol. The van der Waals surface area contributed by atoms with Crippen LogP contribution in [0, 0.1) is 0 Å². The lowest BCUT2D eigenvalue weighted by Gasteiger charge is -2.30. The van der Waals surface area contributed by atoms with Crippen molar-refractivity contribution in [3.63, 3.8) is 0 Å². The first-order valence-electron chi connectivity index (χ1n) is 6.39. The summed E-state index contributed by atoms with van der Waals surface area (Å²) in [4.78, 5) is 6.43. The highest BCUT2D eigenvalue weighted by molar-refractivity contribution is 6.33. The Balaban J connectivity index is 2.23. The molecule has 0 spiro atoms. The molecule has 2 N–H and O–H groups in total. The Hall–Kier alpha value is -0.840. The summed E-state index contributed by atoms with van der Waals surface area (Å²) in [7, 11) is 0. The number of aliphatic hydroxyl groups is 2. The van der Waals surface area contributed by atoms with E-state index in [-0.39, 0.29) is 13.2 Å². The second-order valence-electron chi connectivity index (χ2n) is 4.66. The maximum atomic E-state index is 9.20. The van der Waals surface area contributed by atoms with Crippen molar-refractivity contribution in [1.29, 1.82) is 0 Å². The van der Waals surface area contributed by atoms with E-state index >= 15 is 0 Å². The number of aromatic nitrogens is 1. The van der Waals surface area contributed by atoms with Gasteiger partial charge in [0.05, 0.1) is 18.2 Å². The van der Waals surface area contributed by atoms with E-state index in [0.717, 1.165) is 18.7 Å². The van der Waals surface area contributed by atoms with E-state index in [0.29, 0.717) is 23.2 Å². The standard InChI is InChI=1S/C13H19ClN2O2/c14-12-7-10(9-18)8-15-13(12)16(5-6-17)11-3-1-2-4-11/h7-8,11,17-18H,1-6,9H2. The predicted octanol–water partition coefficient (Wildman–Crippen LogP) is 1.97. The van der Waals surface area contributed by atoms with Gasteiger partial charge >= 0.3 is 0 Å². The second kappa shape index (κ2) is 6.36. The van der Waals surface area contributed by atoms with Crippen LogP contribution in [0.1, 0.15) is 31.2 Å². The van der Waals surface area contributed by atoms with Gasteiger partial charge in [-0.15, -0.1) is 0 Å². The molecule has 0 radical (unpaired) electrons. The van der Waals surface area contributed by atoms with Crippen LogP contribution in [0.15, 0.2) is 12.3 Å². The maximum absolute atomic E-state index is 9.20. The first-order valence-corrected chi connectivity index (χ1v) is 6.77. The monoisotopic (exact) mass is 270 g/mol. The zero-order valence-electron chi connectivity index (χ0n) is 10.3. The quantitative estimate of drug-likeness (QED) is 0.859. The van der Waals surface area contributed by atoms with E-state index in [1.165, 1.54) is 12.8 Å². The summed E-state index contributed by atoms with van der Waals surface area (Å²) < 4.78 is 0. The van der Waals surface area contributed by atoms with Gasteiger partial charge in [0.15, 0.2) is 0 Å². The van der Waals surface area contributed by atoms with Crippen molar-refractivity contribution < 1.29 is 10.2 Å². The van der Waals surface area contributed by atoms with Crippen LogP contribution in [0.5, 0.6) is 0 Å². The van der Waals surface area contributed by atoms with Gasteiger partial charge in [-0.05, 0) is 24.5 Å². The molecule has 100 valence electrons. The molecule has 0 atom stereocenters. The lowest BCUT2D eigenvalue weighted by Crippen LogP contribution is -2.36. The van der Waals surface area contributed by atoms with Crippen molar-refractivity contribution in [3.8, 4) is 0 Å². The van der Waals surface area contributed by atoms with Crippen LogP contribution in [0.2, 0.25) is 5.02 Å². The van der Waals surface area contributed by atoms with Gasteiger partial charge in [0.2, 0.25) is 0 Å². The molecule has 18 heavy (non-hydrogen) atoms. The minimum absolute atomic E-state index is 0.0591. The molecular formula is C13H19ClN2O2. The molecule has 2 rings (SSSR count). The van der Waals surface area contributed by atoms with Gasteiger partial charge in [0.25, 0.3) is 0 Å². The van der Waals surface area contributed by atoms with Crippen LogP contribution in [-0.4, -0.2) is 34.4 Å². The minimum Gasteiger partial charge on any atom is -0.395 e. The highest BCUT2D eigenvalue weighted by atomic mass is 35.5. The minimum atomic E-state index is -0.0591. The Morgan fingerprint density at radius 1 is 1.33 bits per heavy atom. The molecule has 1 saturated carbocycles. The summed E-state index contributed by atoms with van der Waals surface area (Å²) >= 11 is 6.22. The first-order chi connectivity index (χ1) is 8.76. The number of nitrogens with zero attached hydrogens (tertiary/aromatic N) is 2. The van der Waals surface area contributed by atoms with E-state index in [1.54, 1.807) is 12.3 Å². The topological polar surface area (TPSA) is 56.6 Å². The third-order valence-corrected chi connectivity index (χ3v) is 3.72. The second-order valence-corrected chi connectivity index (χ2v) is 5.07. The number of hydrogen-bond donors (Lipinski definition) is 2. The van der Waals surface area contributed by atoms with E-state index < -0.39 is 0 Å². The van der Waals surface area contributed by atoms with Gasteiger partial charge in [-0.1, -0.05) is 24.4 Å². The summed E-state index contributed by atoms with van der Waals surface area (Å²) in [6, 6.07) is 2.16. The molecule has 0 aromatic carbocycles. The zero-order chi connectivity index (χ0) is 13.0. The van der Waals surface area contributed by atoms with Crippen LogP contribution in [0.25, 0.3) is 0 Å². The lowest BCUT2D eigenvalue weighted by molar-refractivity contribution is 0.281. The summed E-state index contributed by atoms with van der Waals surface area (Å²) in [5.41, 5.74) is 0.708. The molecule has 1 heterocycles. The van der Waals surface area contributed by atoms with E-state index in [2.05, 4.69) is 9.88 Å². The van der Waals surface area contributed by atoms with Gasteiger partial charge < -0.3 is 15.1 Å². The van der Waals surface area contributed by atoms with E-state index in [1.807, 2.05) is 0 Å². The molecule has 0 amide bonds. The molecule has 1 aromatic rings. The SMILES string of the molecule is OCCN(c1ncc(CO)cc1Cl)C1CCCC1. The summed E-state index contributed by atoms with van der Waals surface area (Å²) in [5.74, 6) is 0.717. The van der Waals surface area contributed by atoms with Crippen molar-refractivity contribution in [1.82, 2.24) is 4.98 Å². The van der Waals surface area contributed by atoms with Crippen LogP contribution >= 0.6 is 11.6 Å². The molecule has 0 saturated heterocycles. The molecule has 1 aliphatic rings. The fourth-order valence-electron chi connectivity index (χ4n) is 2.55. The van der Waals surface area contributed by atoms with E-state index in [4.69, 9.17) is 16.7 Å². The van der Waals surface area contributed by atoms with Crippen molar-refractivity contribution >= 4 is 17.4 Å². The fourth-order valence-corrected chi connectivity index (χ4v) is 2.85. The largest absolute Gasteiger partial charge is 0.395 e. The fraction of sp³-hybridized carbons (Fsp3) is 0.615. The normalized spacial score (nSPS) is 16.2. The number of pyridine rings is 1. The van der Waals surface area contributed by atoms with Crippen molar-refractivity contribution in [2.45, 2.75) is 38.3 Å². The average Bonchev–Trinajstić information content (AvgIpc) is 2.90. The summed E-state index contributed by atoms with van der Waals surface area (Å²) in [6.45, 7) is 0.586. The third kappa shape index (κ3) is 2.94. The Bertz CT molecular complexity index is 395. The zero-order valence-corrected chi connectivity index (χ0v) is 11.1. The Labute approximate surface area is 112 Å². The lowest BCUT2D eigenvalue weighted by atomic mass is 10.2. The van der Waals surface area contributed by atoms with Gasteiger partial charge in [-0.2, -0.15) is 0 Å². The number of aliphatic hydroxyl groups excluding tert-OH is 2. The molecule has 1 fully saturated rings. The molecular weight excluding hydrogens is 252 g/mol. The molecule has 1 aliphatic carbocycles. The first kappa shape index (κ1) is 13.6. The maximum Gasteiger partial charge on any atom is 0.147 e. The Morgan fingerprint density at radius 3 is 2.61 bits per heavy atom. The molecule has 0 aliphatic heterocycles. The van der Waals surface area contributed by atoms with E-state index in [9.17, 15) is 5.11 Å². The van der Waals surface area contributed by atoms with Gasteiger partial charge in [-0.3, -0.25) is 0 Å². The summed E-state index contributed by atoms with van der Waals surface area (Å²) in [5, 5.41) is 18.8. The summed E-state index contributed by atoms with van der Waals surface area (Å²) in [6.07, 6.45) is 6.33. The van der Waals surface area contributed by atoms with Gasteiger partial charge in [0, 0.05) is 18.8 Å². The Kier molecular flexibility index (Phi) is 4.80. The highest BCUT2D eigenvalue weighted by Crippen LogP contribution is 2.31. The van der Waals surface area contributed by atoms with Crippen LogP contribution in [0.3, 0.4) is 0 Å². The van der Waals surface area contributed by atoms with Crippen molar-refractivity contribution in [3.05, 3.63) is 22.8 Å². The number of rotatable bonds is 5. The van der Waals surface area contributed by atoms with Gasteiger partial charge in [-0.25, -0.2) is 4.98 Å². The highest BCUT2D eigenvalue weighted by Gasteiger charge is 2.24. The molecule has 1 aromatic heterocycles. The van der Waals surface area contributed by atoms with Gasteiger partial charge in [0.1, 0.15) is 5.82 Å². The smallest absolute Gasteiger partial charge is 0.147 e. The van der Waals surface area contributed by atoms with Crippen LogP contribution < -0.4 is 4.90 Å². The molecule has 0 unspecified atom stereocenters. The molecule has 0 bridgehead atoms. The number of halogens is 1. The van der Waals surface area contributed by atoms with Crippen molar-refractivity contribution in [2.24, 2.45) is 0 Å². The average molecular weight is 271 g/mol. The van der Waals surface area contributed by atoms with Crippen molar-refractivity contribution in [2.75, 3.05) is 18.1 Å². The Morgan fingerprint density at radius 2 is 2.06 bits per heavy atom. The molecule has 4 nitrogen and oxygen atoms in total. The van der Waals surface area contributed by atoms with Crippen LogP contribution in [-0.2, 0) is 6.61 Å². The molecule has 5 heteroatoms. The van der Waals surface area contributed by atoms with Crippen LogP contribution in [0.4, 0.5) is 5.82 Å².